The summed E-state index contributed by atoms with van der Waals surface area (Å²) < 4.78 is 14.9. The molecule has 1 N–H and O–H groups in total. The molecule has 0 radical (unpaired) electrons. The van der Waals surface area contributed by atoms with Gasteiger partial charge in [0.1, 0.15) is 11.9 Å². The third kappa shape index (κ3) is 7.66. The van der Waals surface area contributed by atoms with E-state index in [1.165, 1.54) is 6.07 Å². The molecule has 0 aliphatic carbocycles. The van der Waals surface area contributed by atoms with Crippen molar-refractivity contribution >= 4 is 11.8 Å². The maximum absolute atomic E-state index is 14.9. The van der Waals surface area contributed by atoms with Crippen molar-refractivity contribution in [2.75, 3.05) is 0 Å². The Balaban J connectivity index is 1.75. The molecule has 4 aromatic carbocycles. The fourth-order valence-electron chi connectivity index (χ4n) is 4.90. The van der Waals surface area contributed by atoms with Crippen LogP contribution in [0.15, 0.2) is 115 Å². The minimum Gasteiger partial charge on any atom is -0.352 e. The summed E-state index contributed by atoms with van der Waals surface area (Å²) in [5.41, 5.74) is 3.33. The van der Waals surface area contributed by atoms with Crippen LogP contribution < -0.4 is 5.32 Å². The highest BCUT2D eigenvalue weighted by molar-refractivity contribution is 5.88. The number of carbonyl (C=O) groups is 2. The van der Waals surface area contributed by atoms with Crippen molar-refractivity contribution in [2.45, 2.75) is 57.7 Å². The Morgan fingerprint density at radius 3 is 1.85 bits per heavy atom. The Morgan fingerprint density at radius 2 is 1.30 bits per heavy atom. The lowest BCUT2D eigenvalue weighted by molar-refractivity contribution is -0.141. The van der Waals surface area contributed by atoms with Crippen molar-refractivity contribution in [1.29, 1.82) is 0 Å². The van der Waals surface area contributed by atoms with Gasteiger partial charge in [-0.1, -0.05) is 116 Å². The number of nitrogens with one attached hydrogen (secondary N) is 1. The van der Waals surface area contributed by atoms with E-state index in [4.69, 9.17) is 0 Å². The van der Waals surface area contributed by atoms with Gasteiger partial charge in [-0.2, -0.15) is 0 Å². The van der Waals surface area contributed by atoms with Crippen LogP contribution in [0.3, 0.4) is 0 Å². The van der Waals surface area contributed by atoms with Gasteiger partial charge in [0.05, 0.1) is 0 Å². The zero-order valence-electron chi connectivity index (χ0n) is 23.2. The molecule has 0 unspecified atom stereocenters. The van der Waals surface area contributed by atoms with Crippen LogP contribution in [-0.4, -0.2) is 28.8 Å². The van der Waals surface area contributed by atoms with Gasteiger partial charge in [0.25, 0.3) is 0 Å². The van der Waals surface area contributed by atoms with Crippen LogP contribution in [0, 0.1) is 5.82 Å². The highest BCUT2D eigenvalue weighted by atomic mass is 19.1. The van der Waals surface area contributed by atoms with Crippen molar-refractivity contribution < 1.29 is 14.0 Å². The third-order valence-electron chi connectivity index (χ3n) is 7.35. The van der Waals surface area contributed by atoms with E-state index in [0.717, 1.165) is 23.1 Å². The lowest BCUT2D eigenvalue weighted by Gasteiger charge is -2.33. The summed E-state index contributed by atoms with van der Waals surface area (Å²) in [7, 11) is 0. The second kappa shape index (κ2) is 14.2. The van der Waals surface area contributed by atoms with E-state index >= 15 is 0 Å². The first-order chi connectivity index (χ1) is 19.5. The van der Waals surface area contributed by atoms with Crippen molar-refractivity contribution in [2.24, 2.45) is 0 Å². The first kappa shape index (κ1) is 28.8. The van der Waals surface area contributed by atoms with Crippen molar-refractivity contribution in [3.05, 3.63) is 143 Å². The first-order valence-corrected chi connectivity index (χ1v) is 13.9. The van der Waals surface area contributed by atoms with E-state index in [1.807, 2.05) is 105 Å². The second-order valence-electron chi connectivity index (χ2n) is 10.2. The fraction of sp³-hybridized carbons (Fsp3) is 0.257. The van der Waals surface area contributed by atoms with Gasteiger partial charge in [0, 0.05) is 36.9 Å². The predicted molar refractivity (Wildman–Crippen MR) is 158 cm³/mol. The van der Waals surface area contributed by atoms with E-state index < -0.39 is 11.9 Å². The molecule has 0 saturated heterocycles. The van der Waals surface area contributed by atoms with Gasteiger partial charge in [-0.3, -0.25) is 9.59 Å². The van der Waals surface area contributed by atoms with E-state index in [9.17, 15) is 14.0 Å². The van der Waals surface area contributed by atoms with Crippen LogP contribution in [-0.2, 0) is 22.6 Å². The van der Waals surface area contributed by atoms with Crippen molar-refractivity contribution in [3.8, 4) is 0 Å². The summed E-state index contributed by atoms with van der Waals surface area (Å²) in [6, 6.07) is 35.1. The fourth-order valence-corrected chi connectivity index (χ4v) is 4.90. The minimum absolute atomic E-state index is 0.00671. The summed E-state index contributed by atoms with van der Waals surface area (Å²) in [6.45, 7) is 3.94. The van der Waals surface area contributed by atoms with Crippen molar-refractivity contribution in [3.63, 3.8) is 0 Å². The lowest BCUT2D eigenvalue weighted by atomic mass is 9.87. The molecule has 0 bridgehead atoms. The standard InChI is InChI=1S/C35H37FN2O2/c1-3-26(2)37-35(40)33(23-27-15-7-4-8-16-27)38(25-30-21-13-14-22-32(30)36)34(39)24-31(28-17-9-5-10-18-28)29-19-11-6-12-20-29/h4-22,26,31,33H,3,23-25H2,1-2H3,(H,37,40)/t26-,33+/m0/s1. The van der Waals surface area contributed by atoms with Gasteiger partial charge < -0.3 is 10.2 Å². The van der Waals surface area contributed by atoms with Gasteiger partial charge >= 0.3 is 0 Å². The molecule has 5 heteroatoms. The molecule has 2 atom stereocenters. The SMILES string of the molecule is CC[C@H](C)NC(=O)[C@@H](Cc1ccccc1)N(Cc1ccccc1F)C(=O)CC(c1ccccc1)c1ccccc1. The molecule has 206 valence electrons. The summed E-state index contributed by atoms with van der Waals surface area (Å²) in [6.07, 6.45) is 1.23. The smallest absolute Gasteiger partial charge is 0.243 e. The number of nitrogens with zero attached hydrogens (tertiary/aromatic N) is 1. The minimum atomic E-state index is -0.810. The summed E-state index contributed by atoms with van der Waals surface area (Å²) in [4.78, 5) is 29.7. The maximum Gasteiger partial charge on any atom is 0.243 e. The lowest BCUT2D eigenvalue weighted by Crippen LogP contribution is -2.52. The molecule has 4 nitrogen and oxygen atoms in total. The van der Waals surface area contributed by atoms with Crippen LogP contribution in [0.25, 0.3) is 0 Å². The topological polar surface area (TPSA) is 49.4 Å². The monoisotopic (exact) mass is 536 g/mol. The Hall–Kier alpha value is -4.25. The number of hydrogen-bond donors (Lipinski definition) is 1. The summed E-state index contributed by atoms with van der Waals surface area (Å²) in [5.74, 6) is -1.06. The molecular formula is C35H37FN2O2. The van der Waals surface area contributed by atoms with E-state index in [-0.39, 0.29) is 36.7 Å². The zero-order chi connectivity index (χ0) is 28.3. The molecule has 0 spiro atoms. The zero-order valence-corrected chi connectivity index (χ0v) is 23.2. The maximum atomic E-state index is 14.9. The molecule has 0 fully saturated rings. The summed E-state index contributed by atoms with van der Waals surface area (Å²) >= 11 is 0. The van der Waals surface area contributed by atoms with Crippen LogP contribution >= 0.6 is 0 Å². The van der Waals surface area contributed by atoms with Gasteiger partial charge in [-0.05, 0) is 36.1 Å². The highest BCUT2D eigenvalue weighted by Crippen LogP contribution is 2.30. The molecule has 0 heterocycles. The number of amides is 2. The van der Waals surface area contributed by atoms with Gasteiger partial charge in [-0.15, -0.1) is 0 Å². The summed E-state index contributed by atoms with van der Waals surface area (Å²) in [5, 5.41) is 3.08. The quantitative estimate of drug-likeness (QED) is 0.214. The second-order valence-corrected chi connectivity index (χ2v) is 10.2. The molecule has 0 aliphatic rings. The van der Waals surface area contributed by atoms with Crippen LogP contribution in [0.4, 0.5) is 4.39 Å². The Kier molecular flexibility index (Phi) is 10.2. The highest BCUT2D eigenvalue weighted by Gasteiger charge is 2.33. The molecule has 2 amide bonds. The van der Waals surface area contributed by atoms with E-state index in [2.05, 4.69) is 5.32 Å². The Bertz CT molecular complexity index is 1320. The predicted octanol–water partition coefficient (Wildman–Crippen LogP) is 6.90. The van der Waals surface area contributed by atoms with E-state index in [0.29, 0.717) is 12.0 Å². The van der Waals surface area contributed by atoms with Crippen molar-refractivity contribution in [1.82, 2.24) is 10.2 Å². The molecule has 0 aliphatic heterocycles. The van der Waals surface area contributed by atoms with Gasteiger partial charge in [-0.25, -0.2) is 4.39 Å². The number of rotatable bonds is 12. The van der Waals surface area contributed by atoms with E-state index in [1.54, 1.807) is 23.1 Å². The largest absolute Gasteiger partial charge is 0.352 e. The molecule has 0 saturated carbocycles. The molecule has 4 aromatic rings. The number of carbonyl (C=O) groups excluding carboxylic acids is 2. The van der Waals surface area contributed by atoms with Gasteiger partial charge in [0.2, 0.25) is 11.8 Å². The number of hydrogen-bond acceptors (Lipinski definition) is 2. The third-order valence-corrected chi connectivity index (χ3v) is 7.35. The van der Waals surface area contributed by atoms with Gasteiger partial charge in [0.15, 0.2) is 0 Å². The molecule has 0 aromatic heterocycles. The molecule has 40 heavy (non-hydrogen) atoms. The first-order valence-electron chi connectivity index (χ1n) is 13.9. The Labute approximate surface area is 236 Å². The van der Waals surface area contributed by atoms with Crippen LogP contribution in [0.5, 0.6) is 0 Å². The molecular weight excluding hydrogens is 499 g/mol. The average molecular weight is 537 g/mol. The number of halogens is 1. The average Bonchev–Trinajstić information content (AvgIpc) is 2.99. The normalized spacial score (nSPS) is 12.5. The van der Waals surface area contributed by atoms with Crippen LogP contribution in [0.2, 0.25) is 0 Å². The molecule has 4 rings (SSSR count). The Morgan fingerprint density at radius 1 is 0.775 bits per heavy atom. The van der Waals surface area contributed by atoms with Crippen LogP contribution in [0.1, 0.15) is 54.9 Å². The number of benzene rings is 4.